The highest BCUT2D eigenvalue weighted by atomic mass is 16.6. The summed E-state index contributed by atoms with van der Waals surface area (Å²) in [5, 5.41) is 0. The van der Waals surface area contributed by atoms with E-state index in [1.54, 1.807) is 0 Å². The molecule has 1 unspecified atom stereocenters. The van der Waals surface area contributed by atoms with E-state index in [0.717, 1.165) is 30.5 Å². The normalized spacial score (nSPS) is 19.2. The standard InChI is InChI=1S/C16H24N2O2/c1-16(2,3)20-15(19)18-10-4-5-14(18)13-8-6-12(11-17)7-9-13/h6-9,14H,4-5,10-11,17H2,1-3H3. The lowest BCUT2D eigenvalue weighted by Gasteiger charge is -2.28. The zero-order chi connectivity index (χ0) is 14.8. The van der Waals surface area contributed by atoms with Gasteiger partial charge in [0.25, 0.3) is 0 Å². The van der Waals surface area contributed by atoms with E-state index in [4.69, 9.17) is 10.5 Å². The Morgan fingerprint density at radius 3 is 2.55 bits per heavy atom. The predicted molar refractivity (Wildman–Crippen MR) is 79.2 cm³/mol. The summed E-state index contributed by atoms with van der Waals surface area (Å²) in [6.07, 6.45) is 1.78. The Bertz CT molecular complexity index is 462. The predicted octanol–water partition coefficient (Wildman–Crippen LogP) is 3.22. The first-order valence-corrected chi connectivity index (χ1v) is 7.19. The maximum atomic E-state index is 12.3. The Morgan fingerprint density at radius 1 is 1.35 bits per heavy atom. The second-order valence-corrected chi connectivity index (χ2v) is 6.28. The van der Waals surface area contributed by atoms with E-state index in [-0.39, 0.29) is 12.1 Å². The van der Waals surface area contributed by atoms with E-state index >= 15 is 0 Å². The molecule has 0 bridgehead atoms. The van der Waals surface area contributed by atoms with Gasteiger partial charge in [-0.2, -0.15) is 0 Å². The van der Waals surface area contributed by atoms with Crippen LogP contribution in [0.5, 0.6) is 0 Å². The summed E-state index contributed by atoms with van der Waals surface area (Å²) < 4.78 is 5.49. The summed E-state index contributed by atoms with van der Waals surface area (Å²) >= 11 is 0. The Balaban J connectivity index is 2.12. The van der Waals surface area contributed by atoms with Crippen molar-refractivity contribution in [1.29, 1.82) is 0 Å². The second kappa shape index (κ2) is 5.83. The van der Waals surface area contributed by atoms with Gasteiger partial charge in [0.2, 0.25) is 0 Å². The molecular formula is C16H24N2O2. The van der Waals surface area contributed by atoms with E-state index in [9.17, 15) is 4.79 Å². The minimum absolute atomic E-state index is 0.122. The smallest absolute Gasteiger partial charge is 0.410 e. The van der Waals surface area contributed by atoms with E-state index < -0.39 is 5.60 Å². The van der Waals surface area contributed by atoms with Crippen LogP contribution in [0.4, 0.5) is 4.79 Å². The quantitative estimate of drug-likeness (QED) is 0.902. The minimum atomic E-state index is -0.451. The number of likely N-dealkylation sites (tertiary alicyclic amines) is 1. The molecule has 1 aliphatic heterocycles. The number of carbonyl (C=O) groups is 1. The molecule has 1 fully saturated rings. The van der Waals surface area contributed by atoms with Gasteiger partial charge in [0.05, 0.1) is 6.04 Å². The van der Waals surface area contributed by atoms with E-state index in [1.807, 2.05) is 37.8 Å². The fourth-order valence-electron chi connectivity index (χ4n) is 2.53. The number of nitrogens with zero attached hydrogens (tertiary/aromatic N) is 1. The molecule has 2 N–H and O–H groups in total. The first-order chi connectivity index (χ1) is 9.40. The average Bonchev–Trinajstić information content (AvgIpc) is 2.86. The van der Waals surface area contributed by atoms with Crippen molar-refractivity contribution < 1.29 is 9.53 Å². The van der Waals surface area contributed by atoms with Crippen LogP contribution in [0.3, 0.4) is 0 Å². The van der Waals surface area contributed by atoms with Crippen LogP contribution >= 0.6 is 0 Å². The third-order valence-electron chi connectivity index (χ3n) is 3.48. The lowest BCUT2D eigenvalue weighted by molar-refractivity contribution is 0.0224. The first-order valence-electron chi connectivity index (χ1n) is 7.19. The molecule has 1 aliphatic rings. The van der Waals surface area contributed by atoms with Gasteiger partial charge in [0.1, 0.15) is 5.60 Å². The lowest BCUT2D eigenvalue weighted by Crippen LogP contribution is -2.36. The Labute approximate surface area is 120 Å². The summed E-state index contributed by atoms with van der Waals surface area (Å²) in [6.45, 7) is 6.99. The molecule has 1 aromatic carbocycles. The number of hydrogen-bond donors (Lipinski definition) is 1. The van der Waals surface area contributed by atoms with Gasteiger partial charge >= 0.3 is 6.09 Å². The highest BCUT2D eigenvalue weighted by Crippen LogP contribution is 2.33. The Morgan fingerprint density at radius 2 is 2.00 bits per heavy atom. The van der Waals surface area contributed by atoms with Crippen molar-refractivity contribution in [1.82, 2.24) is 4.90 Å². The van der Waals surface area contributed by atoms with Gasteiger partial charge in [0, 0.05) is 13.1 Å². The molecule has 1 aromatic rings. The maximum Gasteiger partial charge on any atom is 0.410 e. The summed E-state index contributed by atoms with van der Waals surface area (Å²) in [5.41, 5.74) is 7.43. The lowest BCUT2D eigenvalue weighted by atomic mass is 10.0. The number of nitrogens with two attached hydrogens (primary N) is 1. The van der Waals surface area contributed by atoms with Crippen molar-refractivity contribution in [2.45, 2.75) is 51.8 Å². The number of amides is 1. The van der Waals surface area contributed by atoms with Crippen LogP contribution in [0.2, 0.25) is 0 Å². The SMILES string of the molecule is CC(C)(C)OC(=O)N1CCCC1c1ccc(CN)cc1. The molecule has 1 amide bonds. The van der Waals surface area contributed by atoms with Crippen LogP contribution in [-0.4, -0.2) is 23.1 Å². The molecule has 0 aromatic heterocycles. The molecule has 1 atom stereocenters. The molecule has 20 heavy (non-hydrogen) atoms. The molecule has 4 nitrogen and oxygen atoms in total. The Kier molecular flexibility index (Phi) is 4.33. The van der Waals surface area contributed by atoms with Crippen LogP contribution in [-0.2, 0) is 11.3 Å². The molecule has 2 rings (SSSR count). The van der Waals surface area contributed by atoms with Crippen LogP contribution in [0.1, 0.15) is 50.8 Å². The largest absolute Gasteiger partial charge is 0.444 e. The monoisotopic (exact) mass is 276 g/mol. The molecular weight excluding hydrogens is 252 g/mol. The van der Waals surface area contributed by atoms with Gasteiger partial charge in [-0.25, -0.2) is 4.79 Å². The summed E-state index contributed by atoms with van der Waals surface area (Å²) in [5.74, 6) is 0. The highest BCUT2D eigenvalue weighted by molar-refractivity contribution is 5.69. The van der Waals surface area contributed by atoms with Crippen LogP contribution in [0.25, 0.3) is 0 Å². The van der Waals surface area contributed by atoms with Gasteiger partial charge in [0.15, 0.2) is 0 Å². The summed E-state index contributed by atoms with van der Waals surface area (Å²) in [7, 11) is 0. The number of carbonyl (C=O) groups excluding carboxylic acids is 1. The van der Waals surface area contributed by atoms with E-state index in [2.05, 4.69) is 12.1 Å². The molecule has 0 spiro atoms. The maximum absolute atomic E-state index is 12.3. The van der Waals surface area contributed by atoms with Crippen molar-refractivity contribution >= 4 is 6.09 Å². The van der Waals surface area contributed by atoms with Crippen molar-refractivity contribution in [3.8, 4) is 0 Å². The zero-order valence-corrected chi connectivity index (χ0v) is 12.6. The van der Waals surface area contributed by atoms with Crippen molar-refractivity contribution in [3.63, 3.8) is 0 Å². The van der Waals surface area contributed by atoms with Crippen molar-refractivity contribution in [2.24, 2.45) is 5.73 Å². The van der Waals surface area contributed by atoms with Crippen LogP contribution in [0.15, 0.2) is 24.3 Å². The molecule has 4 heteroatoms. The fourth-order valence-corrected chi connectivity index (χ4v) is 2.53. The summed E-state index contributed by atoms with van der Waals surface area (Å²) in [6, 6.07) is 8.31. The minimum Gasteiger partial charge on any atom is -0.444 e. The van der Waals surface area contributed by atoms with E-state index in [1.165, 1.54) is 0 Å². The van der Waals surface area contributed by atoms with Gasteiger partial charge in [-0.3, -0.25) is 0 Å². The molecule has 0 aliphatic carbocycles. The van der Waals surface area contributed by atoms with Crippen LogP contribution < -0.4 is 5.73 Å². The number of ether oxygens (including phenoxy) is 1. The third-order valence-corrected chi connectivity index (χ3v) is 3.48. The van der Waals surface area contributed by atoms with Crippen molar-refractivity contribution in [2.75, 3.05) is 6.54 Å². The van der Waals surface area contributed by atoms with Crippen LogP contribution in [0, 0.1) is 0 Å². The number of benzene rings is 1. The van der Waals surface area contributed by atoms with Gasteiger partial charge in [-0.15, -0.1) is 0 Å². The Hall–Kier alpha value is -1.55. The topological polar surface area (TPSA) is 55.6 Å². The third kappa shape index (κ3) is 3.51. The first kappa shape index (κ1) is 14.9. The average molecular weight is 276 g/mol. The molecule has 110 valence electrons. The second-order valence-electron chi connectivity index (χ2n) is 6.28. The van der Waals surface area contributed by atoms with Gasteiger partial charge in [-0.05, 0) is 44.7 Å². The zero-order valence-electron chi connectivity index (χ0n) is 12.6. The number of hydrogen-bond acceptors (Lipinski definition) is 3. The number of rotatable bonds is 2. The van der Waals surface area contributed by atoms with Gasteiger partial charge in [-0.1, -0.05) is 24.3 Å². The fraction of sp³-hybridized carbons (Fsp3) is 0.562. The highest BCUT2D eigenvalue weighted by Gasteiger charge is 2.32. The molecule has 1 saturated heterocycles. The van der Waals surface area contributed by atoms with E-state index in [0.29, 0.717) is 6.54 Å². The van der Waals surface area contributed by atoms with Gasteiger partial charge < -0.3 is 15.4 Å². The molecule has 0 radical (unpaired) electrons. The summed E-state index contributed by atoms with van der Waals surface area (Å²) in [4.78, 5) is 14.1. The molecule has 1 heterocycles. The molecule has 0 saturated carbocycles. The van der Waals surface area contributed by atoms with Crippen molar-refractivity contribution in [3.05, 3.63) is 35.4 Å².